The Morgan fingerprint density at radius 3 is 2.62 bits per heavy atom. The first-order valence-electron chi connectivity index (χ1n) is 9.19. The number of hydroxylamine groups is 1. The molecule has 2 aromatic heterocycles. The molecule has 2 unspecified atom stereocenters. The Morgan fingerprint density at radius 1 is 1.31 bits per heavy atom. The lowest BCUT2D eigenvalue weighted by Gasteiger charge is -2.32. The molecule has 2 atom stereocenters. The van der Waals surface area contributed by atoms with Crippen molar-refractivity contribution in [3.63, 3.8) is 0 Å². The first kappa shape index (κ1) is 20.7. The lowest BCUT2D eigenvalue weighted by Crippen LogP contribution is -2.48. The molecule has 2 aromatic rings. The Labute approximate surface area is 171 Å². The Kier molecular flexibility index (Phi) is 6.40. The summed E-state index contributed by atoms with van der Waals surface area (Å²) in [5, 5.41) is 21.6. The van der Waals surface area contributed by atoms with Gasteiger partial charge in [-0.25, -0.2) is 5.48 Å². The highest BCUT2D eigenvalue weighted by Crippen LogP contribution is 2.42. The molecule has 0 spiro atoms. The van der Waals surface area contributed by atoms with Gasteiger partial charge in [0.25, 0.3) is 11.8 Å². The summed E-state index contributed by atoms with van der Waals surface area (Å²) in [6, 6.07) is 4.53. The van der Waals surface area contributed by atoms with Crippen molar-refractivity contribution in [2.45, 2.75) is 38.3 Å². The minimum Gasteiger partial charge on any atom is -0.503 e. The monoisotopic (exact) mass is 415 g/mol. The van der Waals surface area contributed by atoms with Crippen LogP contribution in [0.5, 0.6) is 0 Å². The largest absolute Gasteiger partial charge is 0.503 e. The van der Waals surface area contributed by atoms with Crippen molar-refractivity contribution >= 4 is 28.9 Å². The fraction of sp³-hybridized carbons (Fsp3) is 0.300. The summed E-state index contributed by atoms with van der Waals surface area (Å²) < 4.78 is 0. The molecule has 0 bridgehead atoms. The van der Waals surface area contributed by atoms with Crippen LogP contribution in [-0.4, -0.2) is 43.8 Å². The Bertz CT molecular complexity index is 927. The van der Waals surface area contributed by atoms with Crippen LogP contribution in [0.4, 0.5) is 0 Å². The number of hydrogen-bond donors (Lipinski definition) is 3. The van der Waals surface area contributed by atoms with E-state index in [0.717, 1.165) is 6.42 Å². The number of unbranched alkanes of at least 4 members (excludes halogenated alkanes) is 1. The number of aliphatic hydroxyl groups excluding tert-OH is 1. The predicted octanol–water partition coefficient (Wildman–Crippen LogP) is 2.79. The van der Waals surface area contributed by atoms with Gasteiger partial charge < -0.3 is 10.0 Å². The van der Waals surface area contributed by atoms with E-state index < -0.39 is 35.4 Å². The van der Waals surface area contributed by atoms with E-state index in [1.54, 1.807) is 23.0 Å². The number of nitrogens with one attached hydrogen (secondary N) is 1. The van der Waals surface area contributed by atoms with Gasteiger partial charge in [-0.3, -0.25) is 24.6 Å². The molecule has 152 valence electrons. The molecule has 9 heteroatoms. The second-order valence-corrected chi connectivity index (χ2v) is 7.57. The predicted molar refractivity (Wildman–Crippen MR) is 105 cm³/mol. The summed E-state index contributed by atoms with van der Waals surface area (Å²) in [5.74, 6) is -2.78. The SMILES string of the molecule is CCCCC(C(=O)NO)N1C(=O)C(O)=C(C(=O)c2ccncc2)C1c1cccs1. The van der Waals surface area contributed by atoms with E-state index in [2.05, 4.69) is 4.98 Å². The van der Waals surface area contributed by atoms with E-state index in [1.165, 1.54) is 40.8 Å². The number of carbonyl (C=O) groups excluding carboxylic acids is 3. The van der Waals surface area contributed by atoms with Crippen LogP contribution in [0.1, 0.15) is 47.5 Å². The van der Waals surface area contributed by atoms with Gasteiger partial charge in [0.2, 0.25) is 0 Å². The third kappa shape index (κ3) is 3.92. The molecule has 3 rings (SSSR count). The van der Waals surface area contributed by atoms with Crippen molar-refractivity contribution in [2.24, 2.45) is 0 Å². The summed E-state index contributed by atoms with van der Waals surface area (Å²) >= 11 is 1.31. The fourth-order valence-corrected chi connectivity index (χ4v) is 4.26. The van der Waals surface area contributed by atoms with Gasteiger partial charge in [0.15, 0.2) is 11.5 Å². The number of hydrogen-bond acceptors (Lipinski definition) is 7. The van der Waals surface area contributed by atoms with Crippen LogP contribution in [0, 0.1) is 0 Å². The summed E-state index contributed by atoms with van der Waals surface area (Å²) in [5.41, 5.74) is 1.79. The van der Waals surface area contributed by atoms with Crippen LogP contribution < -0.4 is 5.48 Å². The van der Waals surface area contributed by atoms with Crippen molar-refractivity contribution in [3.8, 4) is 0 Å². The normalized spacial score (nSPS) is 17.5. The molecule has 0 radical (unpaired) electrons. The maximum absolute atomic E-state index is 13.2. The van der Waals surface area contributed by atoms with Gasteiger partial charge in [-0.1, -0.05) is 25.8 Å². The summed E-state index contributed by atoms with van der Waals surface area (Å²) in [4.78, 5) is 44.2. The zero-order chi connectivity index (χ0) is 21.0. The van der Waals surface area contributed by atoms with E-state index in [9.17, 15) is 24.7 Å². The van der Waals surface area contributed by atoms with E-state index in [0.29, 0.717) is 11.3 Å². The lowest BCUT2D eigenvalue weighted by molar-refractivity contribution is -0.144. The summed E-state index contributed by atoms with van der Waals surface area (Å²) in [6.45, 7) is 1.94. The number of pyridine rings is 1. The Hall–Kier alpha value is -3.04. The van der Waals surface area contributed by atoms with Crippen molar-refractivity contribution in [1.82, 2.24) is 15.4 Å². The third-order valence-corrected chi connectivity index (χ3v) is 5.75. The first-order valence-corrected chi connectivity index (χ1v) is 10.1. The molecule has 0 aromatic carbocycles. The van der Waals surface area contributed by atoms with E-state index in [1.807, 2.05) is 6.92 Å². The molecular weight excluding hydrogens is 394 g/mol. The van der Waals surface area contributed by atoms with Crippen LogP contribution in [-0.2, 0) is 9.59 Å². The number of rotatable bonds is 8. The van der Waals surface area contributed by atoms with Crippen LogP contribution in [0.2, 0.25) is 0 Å². The number of amides is 2. The first-order chi connectivity index (χ1) is 14.0. The van der Waals surface area contributed by atoms with Gasteiger partial charge in [0, 0.05) is 22.8 Å². The van der Waals surface area contributed by atoms with Crippen LogP contribution >= 0.6 is 11.3 Å². The summed E-state index contributed by atoms with van der Waals surface area (Å²) in [7, 11) is 0. The van der Waals surface area contributed by atoms with E-state index in [4.69, 9.17) is 0 Å². The molecule has 2 amide bonds. The number of Topliss-reactive ketones (excluding diaryl/α,β-unsaturated/α-hetero) is 1. The number of carbonyl (C=O) groups is 3. The number of aliphatic hydroxyl groups is 1. The molecule has 1 aliphatic heterocycles. The van der Waals surface area contributed by atoms with Gasteiger partial charge in [0.05, 0.1) is 5.57 Å². The van der Waals surface area contributed by atoms with Crippen LogP contribution in [0.3, 0.4) is 0 Å². The molecule has 0 fully saturated rings. The quantitative estimate of drug-likeness (QED) is 0.346. The van der Waals surface area contributed by atoms with E-state index >= 15 is 0 Å². The molecule has 0 saturated carbocycles. The highest BCUT2D eigenvalue weighted by Gasteiger charge is 2.48. The zero-order valence-corrected chi connectivity index (χ0v) is 16.6. The maximum atomic E-state index is 13.2. The Morgan fingerprint density at radius 2 is 2.03 bits per heavy atom. The van der Waals surface area contributed by atoms with Crippen molar-refractivity contribution in [2.75, 3.05) is 0 Å². The highest BCUT2D eigenvalue weighted by atomic mass is 32.1. The molecule has 8 nitrogen and oxygen atoms in total. The van der Waals surface area contributed by atoms with Gasteiger partial charge >= 0.3 is 0 Å². The standard InChI is InChI=1S/C20H21N3O5S/c1-2-3-5-13(19(26)22-28)23-16(14-6-4-11-29-14)15(18(25)20(23)27)17(24)12-7-9-21-10-8-12/h4,6-11,13,16,25,28H,2-3,5H2,1H3,(H,22,26). The highest BCUT2D eigenvalue weighted by molar-refractivity contribution is 7.10. The minimum atomic E-state index is -1.04. The average molecular weight is 415 g/mol. The number of aromatic nitrogens is 1. The number of nitrogens with zero attached hydrogens (tertiary/aromatic N) is 2. The van der Waals surface area contributed by atoms with Gasteiger partial charge in [0.1, 0.15) is 12.1 Å². The van der Waals surface area contributed by atoms with Crippen molar-refractivity contribution < 1.29 is 24.7 Å². The molecule has 0 saturated heterocycles. The molecule has 3 N–H and O–H groups in total. The van der Waals surface area contributed by atoms with Crippen LogP contribution in [0.25, 0.3) is 0 Å². The topological polar surface area (TPSA) is 120 Å². The lowest BCUT2D eigenvalue weighted by atomic mass is 9.96. The maximum Gasteiger partial charge on any atom is 0.290 e. The second kappa shape index (κ2) is 8.97. The van der Waals surface area contributed by atoms with Gasteiger partial charge in [-0.05, 0) is 30.0 Å². The third-order valence-electron chi connectivity index (χ3n) is 4.82. The molecule has 1 aliphatic rings. The van der Waals surface area contributed by atoms with Gasteiger partial charge in [-0.2, -0.15) is 0 Å². The molecule has 3 heterocycles. The van der Waals surface area contributed by atoms with Crippen molar-refractivity contribution in [1.29, 1.82) is 0 Å². The minimum absolute atomic E-state index is 0.0871. The molecular formula is C20H21N3O5S. The number of ketones is 1. The zero-order valence-electron chi connectivity index (χ0n) is 15.7. The van der Waals surface area contributed by atoms with Crippen LogP contribution in [0.15, 0.2) is 53.4 Å². The smallest absolute Gasteiger partial charge is 0.290 e. The fourth-order valence-electron chi connectivity index (χ4n) is 3.43. The van der Waals surface area contributed by atoms with Gasteiger partial charge in [-0.15, -0.1) is 11.3 Å². The summed E-state index contributed by atoms with van der Waals surface area (Å²) in [6.07, 6.45) is 4.56. The van der Waals surface area contributed by atoms with Crippen molar-refractivity contribution in [3.05, 3.63) is 63.8 Å². The number of thiophene rings is 1. The second-order valence-electron chi connectivity index (χ2n) is 6.59. The average Bonchev–Trinajstić information content (AvgIpc) is 3.36. The van der Waals surface area contributed by atoms with E-state index in [-0.39, 0.29) is 17.6 Å². The Balaban J connectivity index is 2.10. The molecule has 29 heavy (non-hydrogen) atoms. The molecule has 0 aliphatic carbocycles.